The molecule has 4 heterocycles. The quantitative estimate of drug-likeness (QED) is 0.101. The molecule has 11 heteroatoms. The van der Waals surface area contributed by atoms with Crippen molar-refractivity contribution in [2.24, 2.45) is 11.8 Å². The third-order valence-corrected chi connectivity index (χ3v) is 10.7. The number of nitrogens with zero attached hydrogens (tertiary/aromatic N) is 1. The van der Waals surface area contributed by atoms with Gasteiger partial charge in [-0.25, -0.2) is 4.79 Å². The summed E-state index contributed by atoms with van der Waals surface area (Å²) >= 11 is 0. The summed E-state index contributed by atoms with van der Waals surface area (Å²) < 4.78 is 18.1. The molecule has 1 amide bonds. The first-order chi connectivity index (χ1) is 25.4. The topological polar surface area (TPSA) is 145 Å². The number of aromatic nitrogens is 1. The number of rotatable bonds is 14. The Morgan fingerprint density at radius 2 is 1.69 bits per heavy atom. The van der Waals surface area contributed by atoms with Gasteiger partial charge in [0.1, 0.15) is 36.1 Å². The van der Waals surface area contributed by atoms with Crippen molar-refractivity contribution in [3.05, 3.63) is 136 Å². The summed E-state index contributed by atoms with van der Waals surface area (Å²) in [6.07, 6.45) is -0.118. The van der Waals surface area contributed by atoms with Crippen LogP contribution in [-0.4, -0.2) is 71.2 Å². The Hall–Kier alpha value is -5.36. The number of aromatic amines is 1. The van der Waals surface area contributed by atoms with Crippen molar-refractivity contribution >= 4 is 17.0 Å². The number of benzene rings is 4. The van der Waals surface area contributed by atoms with E-state index in [1.165, 1.54) is 12.1 Å². The van der Waals surface area contributed by atoms with Gasteiger partial charge in [0.2, 0.25) is 5.56 Å². The molecule has 9 rings (SSSR count). The highest BCUT2D eigenvalue weighted by Crippen LogP contribution is 2.62. The lowest BCUT2D eigenvalue weighted by Crippen LogP contribution is -2.42. The number of aliphatic hydroxyl groups is 1. The second kappa shape index (κ2) is 14.3. The van der Waals surface area contributed by atoms with Gasteiger partial charge in [0.25, 0.3) is 0 Å². The minimum absolute atomic E-state index is 0.0419. The van der Waals surface area contributed by atoms with E-state index in [1.54, 1.807) is 12.1 Å². The number of nitrogens with one attached hydrogen (secondary N) is 3. The number of piperidine rings is 3. The average Bonchev–Trinajstić information content (AvgIpc) is 3.65. The van der Waals surface area contributed by atoms with Crippen LogP contribution in [0.25, 0.3) is 10.9 Å². The SMILES string of the molecule is O=C(NC(c1ccccc1)c1cccc(OCCOc2ccc(CNCC(O)c3ccc(O)c4[nH]c(=O)ccc34)cc2)c1)OC12CN3CCC1C2C3. The van der Waals surface area contributed by atoms with E-state index in [2.05, 4.69) is 20.5 Å². The first-order valence-electron chi connectivity index (χ1n) is 17.8. The third-order valence-electron chi connectivity index (χ3n) is 10.7. The first-order valence-corrected chi connectivity index (χ1v) is 17.8. The summed E-state index contributed by atoms with van der Waals surface area (Å²) in [6.45, 7) is 4.46. The number of alkyl carbamates (subject to hydrolysis) is 1. The fraction of sp³-hybridized carbons (Fsp3) is 0.317. The number of hydrogen-bond acceptors (Lipinski definition) is 9. The number of carbonyl (C=O) groups excluding carboxylic acids is 1. The largest absolute Gasteiger partial charge is 0.506 e. The highest BCUT2D eigenvalue weighted by atomic mass is 16.6. The minimum Gasteiger partial charge on any atom is -0.506 e. The molecule has 0 spiro atoms. The molecule has 3 aliphatic heterocycles. The lowest BCUT2D eigenvalue weighted by molar-refractivity contribution is 0.0437. The number of fused-ring (bicyclic) bond motifs is 2. The zero-order valence-corrected chi connectivity index (χ0v) is 28.7. The number of H-pyrrole nitrogens is 1. The van der Waals surface area contributed by atoms with Crippen molar-refractivity contribution in [2.45, 2.75) is 30.7 Å². The monoisotopic (exact) mass is 702 g/mol. The first kappa shape index (κ1) is 33.8. The molecule has 4 aromatic carbocycles. The molecule has 1 aliphatic carbocycles. The van der Waals surface area contributed by atoms with E-state index in [1.807, 2.05) is 78.9 Å². The highest BCUT2D eigenvalue weighted by Gasteiger charge is 2.74. The molecule has 11 nitrogen and oxygen atoms in total. The molecule has 0 radical (unpaired) electrons. The molecule has 5 aromatic rings. The van der Waals surface area contributed by atoms with E-state index in [9.17, 15) is 19.8 Å². The van der Waals surface area contributed by atoms with Gasteiger partial charge < -0.3 is 40.0 Å². The zero-order chi connectivity index (χ0) is 35.7. The maximum atomic E-state index is 13.3. The van der Waals surface area contributed by atoms with Gasteiger partial charge in [-0.05, 0) is 71.6 Å². The summed E-state index contributed by atoms with van der Waals surface area (Å²) in [6, 6.07) is 31.1. The van der Waals surface area contributed by atoms with Gasteiger partial charge >= 0.3 is 6.09 Å². The van der Waals surface area contributed by atoms with E-state index < -0.39 is 12.1 Å². The molecule has 6 atom stereocenters. The second-order valence-electron chi connectivity index (χ2n) is 13.9. The molecule has 5 N–H and O–H groups in total. The van der Waals surface area contributed by atoms with Crippen molar-refractivity contribution in [3.8, 4) is 17.2 Å². The Kier molecular flexibility index (Phi) is 9.31. The predicted octanol–water partition coefficient (Wildman–Crippen LogP) is 5.03. The van der Waals surface area contributed by atoms with Gasteiger partial charge in [-0.15, -0.1) is 0 Å². The smallest absolute Gasteiger partial charge is 0.408 e. The van der Waals surface area contributed by atoms with Crippen LogP contribution in [0.5, 0.6) is 17.2 Å². The van der Waals surface area contributed by atoms with Crippen molar-refractivity contribution in [1.29, 1.82) is 0 Å². The van der Waals surface area contributed by atoms with E-state index in [0.29, 0.717) is 59.6 Å². The standard InChI is InChI=1S/C41H42N4O7/c46-35-15-13-31(32-14-16-37(48)43-39(32)35)36(47)23-42-22-26-9-11-29(12-10-26)50-19-20-51-30-8-4-7-28(21-30)38(27-5-2-1-3-6-27)44-40(49)52-41-25-45-18-17-33(41)34(41)24-45/h1-16,21,33-34,36,38,42,46-47H,17-20,22-25H2,(H,43,48)(H,44,49). The molecule has 4 bridgehead atoms. The molecule has 6 unspecified atom stereocenters. The van der Waals surface area contributed by atoms with Crippen LogP contribution in [0.4, 0.5) is 4.79 Å². The van der Waals surface area contributed by atoms with Crippen LogP contribution in [0.2, 0.25) is 0 Å². The molecule has 4 aliphatic rings. The van der Waals surface area contributed by atoms with E-state index in [4.69, 9.17) is 14.2 Å². The second-order valence-corrected chi connectivity index (χ2v) is 13.9. The fourth-order valence-corrected chi connectivity index (χ4v) is 8.05. The van der Waals surface area contributed by atoms with Gasteiger partial charge in [-0.2, -0.15) is 0 Å². The van der Waals surface area contributed by atoms with Crippen LogP contribution >= 0.6 is 0 Å². The minimum atomic E-state index is -0.838. The van der Waals surface area contributed by atoms with Crippen LogP contribution in [0.1, 0.15) is 40.8 Å². The Morgan fingerprint density at radius 1 is 0.904 bits per heavy atom. The number of carbonyl (C=O) groups is 1. The highest BCUT2D eigenvalue weighted by molar-refractivity contribution is 5.87. The summed E-state index contributed by atoms with van der Waals surface area (Å²) in [5, 5.41) is 27.9. The number of pyridine rings is 1. The van der Waals surface area contributed by atoms with Gasteiger partial charge in [-0.1, -0.05) is 60.7 Å². The molecule has 1 saturated carbocycles. The van der Waals surface area contributed by atoms with Crippen LogP contribution < -0.4 is 25.7 Å². The Balaban J connectivity index is 0.813. The normalized spacial score (nSPS) is 22.4. The lowest BCUT2D eigenvalue weighted by Gasteiger charge is -2.29. The van der Waals surface area contributed by atoms with Gasteiger partial charge in [0, 0.05) is 49.5 Å². The number of ether oxygens (including phenoxy) is 3. The Bertz CT molecular complexity index is 2100. The molecular weight excluding hydrogens is 660 g/mol. The Labute approximate surface area is 301 Å². The van der Waals surface area contributed by atoms with Gasteiger partial charge in [-0.3, -0.25) is 9.69 Å². The molecule has 268 valence electrons. The van der Waals surface area contributed by atoms with Crippen LogP contribution in [0, 0.1) is 11.8 Å². The van der Waals surface area contributed by atoms with Crippen molar-refractivity contribution in [1.82, 2.24) is 20.5 Å². The molecule has 1 aromatic heterocycles. The number of hydrogen-bond donors (Lipinski definition) is 5. The van der Waals surface area contributed by atoms with Crippen molar-refractivity contribution < 1.29 is 29.2 Å². The van der Waals surface area contributed by atoms with Crippen LogP contribution in [0.3, 0.4) is 0 Å². The van der Waals surface area contributed by atoms with E-state index in [-0.39, 0.29) is 29.5 Å². The summed E-state index contributed by atoms with van der Waals surface area (Å²) in [7, 11) is 0. The predicted molar refractivity (Wildman–Crippen MR) is 195 cm³/mol. The number of aromatic hydroxyl groups is 1. The maximum Gasteiger partial charge on any atom is 0.408 e. The number of phenols is 1. The summed E-state index contributed by atoms with van der Waals surface area (Å²) in [5.74, 6) is 2.31. The summed E-state index contributed by atoms with van der Waals surface area (Å²) in [4.78, 5) is 30.0. The molecule has 3 saturated heterocycles. The average molecular weight is 703 g/mol. The fourth-order valence-electron chi connectivity index (χ4n) is 8.05. The summed E-state index contributed by atoms with van der Waals surface area (Å²) in [5.41, 5.74) is 3.16. The lowest BCUT2D eigenvalue weighted by atomic mass is 9.98. The maximum absolute atomic E-state index is 13.3. The van der Waals surface area contributed by atoms with Crippen LogP contribution in [-0.2, 0) is 11.3 Å². The zero-order valence-electron chi connectivity index (χ0n) is 28.7. The Morgan fingerprint density at radius 3 is 2.44 bits per heavy atom. The van der Waals surface area contributed by atoms with Gasteiger partial charge in [0.05, 0.1) is 17.7 Å². The molecule has 4 fully saturated rings. The van der Waals surface area contributed by atoms with Crippen LogP contribution in [0.15, 0.2) is 108 Å². The number of aliphatic hydroxyl groups excluding tert-OH is 1. The number of phenolic OH excluding ortho intramolecular Hbond substituents is 1. The van der Waals surface area contributed by atoms with E-state index in [0.717, 1.165) is 42.7 Å². The van der Waals surface area contributed by atoms with E-state index >= 15 is 0 Å². The molecule has 52 heavy (non-hydrogen) atoms. The molecular formula is C41H42N4O7. The third kappa shape index (κ3) is 6.94. The van der Waals surface area contributed by atoms with Gasteiger partial charge in [0.15, 0.2) is 0 Å². The number of amides is 1. The van der Waals surface area contributed by atoms with Crippen molar-refractivity contribution in [2.75, 3.05) is 39.4 Å². The van der Waals surface area contributed by atoms with Crippen molar-refractivity contribution in [3.63, 3.8) is 0 Å².